The summed E-state index contributed by atoms with van der Waals surface area (Å²) in [6.07, 6.45) is 0.537. The van der Waals surface area contributed by atoms with E-state index in [0.717, 1.165) is 0 Å². The molecule has 1 aliphatic rings. The zero-order valence-electron chi connectivity index (χ0n) is 10.6. The van der Waals surface area contributed by atoms with Gasteiger partial charge < -0.3 is 10.3 Å². The maximum Gasteiger partial charge on any atom is 0.417 e. The van der Waals surface area contributed by atoms with Crippen LogP contribution in [0, 0.1) is 17.4 Å². The van der Waals surface area contributed by atoms with Crippen LogP contribution < -0.4 is 11.6 Å². The van der Waals surface area contributed by atoms with Crippen LogP contribution in [0.3, 0.4) is 0 Å². The lowest BCUT2D eigenvalue weighted by atomic mass is 10.1. The van der Waals surface area contributed by atoms with E-state index in [0.29, 0.717) is 17.5 Å². The molecular formula is C12H10ClN5O3. The number of hydrogen-bond donors (Lipinski definition) is 3. The third-order valence-electron chi connectivity index (χ3n) is 3.47. The van der Waals surface area contributed by atoms with Crippen molar-refractivity contribution < 1.29 is 9.21 Å². The zero-order chi connectivity index (χ0) is 15.1. The molecule has 0 aliphatic heterocycles. The predicted molar refractivity (Wildman–Crippen MR) is 74.5 cm³/mol. The lowest BCUT2D eigenvalue weighted by molar-refractivity contribution is 0.0964. The Morgan fingerprint density at radius 1 is 1.48 bits per heavy atom. The molecule has 2 atom stereocenters. The molecule has 0 saturated heterocycles. The van der Waals surface area contributed by atoms with Crippen LogP contribution in [0.15, 0.2) is 31.6 Å². The second-order valence-electron chi connectivity index (χ2n) is 4.76. The topological polar surface area (TPSA) is 138 Å². The van der Waals surface area contributed by atoms with Gasteiger partial charge in [0.05, 0.1) is 10.5 Å². The minimum Gasteiger partial charge on any atom is -0.406 e. The number of nitrogens with one attached hydrogen (secondary N) is 2. The van der Waals surface area contributed by atoms with E-state index >= 15 is 0 Å². The molecule has 0 bridgehead atoms. The van der Waals surface area contributed by atoms with E-state index in [1.54, 1.807) is 0 Å². The van der Waals surface area contributed by atoms with E-state index < -0.39 is 5.76 Å². The highest BCUT2D eigenvalue weighted by Gasteiger charge is 2.47. The van der Waals surface area contributed by atoms with Crippen LogP contribution in [0.25, 0.3) is 11.1 Å². The quantitative estimate of drug-likeness (QED) is 0.199. The SMILES string of the molecule is N=N/C(=N\N)[C@H]1C[C@@H]1C(=O)c1cc(Cl)c2oc(=O)[nH]c2c1. The van der Waals surface area contributed by atoms with Crippen LogP contribution in [0.1, 0.15) is 16.8 Å². The molecule has 0 spiro atoms. The van der Waals surface area contributed by atoms with Crippen LogP contribution >= 0.6 is 11.6 Å². The molecule has 1 saturated carbocycles. The highest BCUT2D eigenvalue weighted by molar-refractivity contribution is 6.35. The summed E-state index contributed by atoms with van der Waals surface area (Å²) in [6, 6.07) is 2.97. The fourth-order valence-corrected chi connectivity index (χ4v) is 2.61. The molecule has 9 heteroatoms. The summed E-state index contributed by atoms with van der Waals surface area (Å²) in [5.41, 5.74) is 7.89. The number of fused-ring (bicyclic) bond motifs is 1. The lowest BCUT2D eigenvalue weighted by Gasteiger charge is -2.01. The summed E-state index contributed by atoms with van der Waals surface area (Å²) in [5, 5.41) is 6.77. The monoisotopic (exact) mass is 307 g/mol. The number of rotatable bonds is 3. The number of benzene rings is 1. The van der Waals surface area contributed by atoms with Crippen molar-refractivity contribution >= 4 is 34.3 Å². The molecule has 1 fully saturated rings. The molecule has 0 amide bonds. The lowest BCUT2D eigenvalue weighted by Crippen LogP contribution is -2.09. The van der Waals surface area contributed by atoms with Gasteiger partial charge in [-0.1, -0.05) is 11.6 Å². The predicted octanol–water partition coefficient (Wildman–Crippen LogP) is 1.90. The number of oxazole rings is 1. The van der Waals surface area contributed by atoms with Crippen molar-refractivity contribution in [2.75, 3.05) is 0 Å². The van der Waals surface area contributed by atoms with Crippen molar-refractivity contribution in [3.8, 4) is 0 Å². The fourth-order valence-electron chi connectivity index (χ4n) is 2.35. The Bertz CT molecular complexity index is 837. The number of Topliss-reactive ketones (excluding diaryl/α,β-unsaturated/α-hetero) is 1. The van der Waals surface area contributed by atoms with Crippen molar-refractivity contribution in [1.82, 2.24) is 4.98 Å². The van der Waals surface area contributed by atoms with E-state index in [2.05, 4.69) is 15.2 Å². The van der Waals surface area contributed by atoms with E-state index in [-0.39, 0.29) is 34.1 Å². The number of nitrogens with two attached hydrogens (primary N) is 1. The highest BCUT2D eigenvalue weighted by Crippen LogP contribution is 2.43. The number of ketones is 1. The van der Waals surface area contributed by atoms with Crippen LogP contribution in [-0.4, -0.2) is 16.6 Å². The summed E-state index contributed by atoms with van der Waals surface area (Å²) in [5.74, 6) is 3.91. The molecule has 108 valence electrons. The molecule has 3 rings (SSSR count). The van der Waals surface area contributed by atoms with E-state index in [1.165, 1.54) is 12.1 Å². The first-order valence-corrected chi connectivity index (χ1v) is 6.44. The van der Waals surface area contributed by atoms with Gasteiger partial charge in [-0.3, -0.25) is 9.78 Å². The molecule has 0 unspecified atom stereocenters. The second kappa shape index (κ2) is 4.81. The standard InChI is InChI=1S/C12H10ClN5O3/c13-7-1-4(2-8-10(7)21-12(20)16-8)9(19)5-3-6(5)11(17-14)18-15/h1-2,5-6,14H,3,15H2,(H,16,20)/b17-14?,18-11-/t5-,6-/m0/s1. The Hall–Kier alpha value is -2.48. The van der Waals surface area contributed by atoms with Crippen LogP contribution in [0.4, 0.5) is 0 Å². The molecule has 4 N–H and O–H groups in total. The Kier molecular flexibility index (Phi) is 3.09. The van der Waals surface area contributed by atoms with E-state index in [4.69, 9.17) is 27.4 Å². The second-order valence-corrected chi connectivity index (χ2v) is 5.17. The van der Waals surface area contributed by atoms with Gasteiger partial charge in [-0.25, -0.2) is 10.3 Å². The Morgan fingerprint density at radius 3 is 2.90 bits per heavy atom. The number of aromatic amines is 1. The van der Waals surface area contributed by atoms with Gasteiger partial charge in [0.15, 0.2) is 17.2 Å². The normalized spacial score (nSPS) is 21.5. The van der Waals surface area contributed by atoms with E-state index in [9.17, 15) is 9.59 Å². The first-order valence-electron chi connectivity index (χ1n) is 6.07. The third kappa shape index (κ3) is 2.23. The van der Waals surface area contributed by atoms with Crippen molar-refractivity contribution in [3.63, 3.8) is 0 Å². The average Bonchev–Trinajstić information content (AvgIpc) is 3.14. The minimum atomic E-state index is -0.633. The molecule has 8 nitrogen and oxygen atoms in total. The van der Waals surface area contributed by atoms with Gasteiger partial charge in [-0.15, -0.1) is 5.11 Å². The number of aromatic nitrogens is 1. The molecule has 2 aromatic rings. The number of hydrazone groups is 1. The fraction of sp³-hybridized carbons (Fsp3) is 0.250. The van der Waals surface area contributed by atoms with Gasteiger partial charge in [0, 0.05) is 17.4 Å². The highest BCUT2D eigenvalue weighted by atomic mass is 35.5. The maximum absolute atomic E-state index is 12.4. The third-order valence-corrected chi connectivity index (χ3v) is 3.75. The first kappa shape index (κ1) is 13.5. The van der Waals surface area contributed by atoms with Crippen molar-refractivity contribution in [2.45, 2.75) is 6.42 Å². The Labute approximate surface area is 122 Å². The maximum atomic E-state index is 12.4. The largest absolute Gasteiger partial charge is 0.417 e. The summed E-state index contributed by atoms with van der Waals surface area (Å²) in [7, 11) is 0. The van der Waals surface area contributed by atoms with E-state index in [1.807, 2.05) is 0 Å². The number of carbonyl (C=O) groups excluding carboxylic acids is 1. The minimum absolute atomic E-state index is 0.150. The molecule has 1 heterocycles. The molecular weight excluding hydrogens is 298 g/mol. The number of H-pyrrole nitrogens is 1. The number of amidine groups is 1. The zero-order valence-corrected chi connectivity index (χ0v) is 11.3. The number of carbonyl (C=O) groups is 1. The van der Waals surface area contributed by atoms with Crippen LogP contribution in [0.5, 0.6) is 0 Å². The first-order chi connectivity index (χ1) is 10.0. The van der Waals surface area contributed by atoms with Crippen LogP contribution in [0.2, 0.25) is 5.02 Å². The number of nitrogens with zero attached hydrogens (tertiary/aromatic N) is 2. The molecule has 1 aromatic heterocycles. The van der Waals surface area contributed by atoms with Gasteiger partial charge in [0.25, 0.3) is 0 Å². The Morgan fingerprint density at radius 2 is 2.24 bits per heavy atom. The van der Waals surface area contributed by atoms with Crippen molar-refractivity contribution in [2.24, 2.45) is 27.9 Å². The molecule has 1 aliphatic carbocycles. The van der Waals surface area contributed by atoms with Gasteiger partial charge in [0.1, 0.15) is 0 Å². The van der Waals surface area contributed by atoms with Gasteiger partial charge in [-0.05, 0) is 18.6 Å². The van der Waals surface area contributed by atoms with Crippen LogP contribution in [-0.2, 0) is 0 Å². The summed E-state index contributed by atoms with van der Waals surface area (Å²) >= 11 is 6.00. The number of hydrogen-bond acceptors (Lipinski definition) is 6. The average molecular weight is 308 g/mol. The molecule has 0 radical (unpaired) electrons. The van der Waals surface area contributed by atoms with Gasteiger partial charge >= 0.3 is 5.76 Å². The number of halogens is 1. The Balaban J connectivity index is 1.93. The van der Waals surface area contributed by atoms with Gasteiger partial charge in [-0.2, -0.15) is 5.10 Å². The smallest absolute Gasteiger partial charge is 0.406 e. The van der Waals surface area contributed by atoms with Crippen molar-refractivity contribution in [1.29, 1.82) is 5.53 Å². The molecule has 1 aromatic carbocycles. The summed E-state index contributed by atoms with van der Waals surface area (Å²) in [6.45, 7) is 0. The van der Waals surface area contributed by atoms with Gasteiger partial charge in [0.2, 0.25) is 0 Å². The summed E-state index contributed by atoms with van der Waals surface area (Å²) in [4.78, 5) is 26.0. The molecule has 21 heavy (non-hydrogen) atoms. The van der Waals surface area contributed by atoms with Crippen molar-refractivity contribution in [3.05, 3.63) is 33.3 Å². The summed E-state index contributed by atoms with van der Waals surface area (Å²) < 4.78 is 4.87.